The highest BCUT2D eigenvalue weighted by atomic mass is 16.6. The number of benzene rings is 1. The van der Waals surface area contributed by atoms with E-state index in [9.17, 15) is 19.5 Å². The van der Waals surface area contributed by atoms with E-state index in [2.05, 4.69) is 5.73 Å². The summed E-state index contributed by atoms with van der Waals surface area (Å²) in [6.45, 7) is 5.57. The Hall–Kier alpha value is -2.41. The fraction of sp³-hybridized carbons (Fsp3) is 0.500. The molecule has 1 amide bonds. The molecule has 1 aliphatic heterocycles. The van der Waals surface area contributed by atoms with Crippen LogP contribution in [0.2, 0.25) is 0 Å². The lowest BCUT2D eigenvalue weighted by Gasteiger charge is -2.24. The van der Waals surface area contributed by atoms with E-state index >= 15 is 0 Å². The van der Waals surface area contributed by atoms with Crippen molar-refractivity contribution in [2.24, 2.45) is 5.73 Å². The first-order valence-electron chi connectivity index (χ1n) is 8.09. The first-order valence-corrected chi connectivity index (χ1v) is 8.09. The number of hydrogen-bond acceptors (Lipinski definition) is 6. The number of fused-ring (bicyclic) bond motifs is 1. The molecule has 25 heavy (non-hydrogen) atoms. The zero-order chi connectivity index (χ0) is 19.2. The van der Waals surface area contributed by atoms with Gasteiger partial charge in [0.25, 0.3) is 5.91 Å². The van der Waals surface area contributed by atoms with E-state index < -0.39 is 17.6 Å². The minimum absolute atomic E-state index is 0.0616. The average molecular weight is 350 g/mol. The summed E-state index contributed by atoms with van der Waals surface area (Å²) in [7, 11) is 1.50. The minimum atomic E-state index is -0.690. The normalized spacial score (nSPS) is 14.3. The fourth-order valence-corrected chi connectivity index (χ4v) is 2.55. The van der Waals surface area contributed by atoms with Gasteiger partial charge in [0.05, 0.1) is 6.04 Å². The third-order valence-corrected chi connectivity index (χ3v) is 3.54. The molecule has 1 unspecified atom stereocenters. The highest BCUT2D eigenvalue weighted by molar-refractivity contribution is 5.99. The molecule has 1 heterocycles. The molecule has 0 fully saturated rings. The number of rotatable bonds is 5. The molecule has 1 atom stereocenters. The van der Waals surface area contributed by atoms with Crippen LogP contribution in [0, 0.1) is 0 Å². The zero-order valence-electron chi connectivity index (χ0n) is 15.1. The van der Waals surface area contributed by atoms with Crippen LogP contribution >= 0.6 is 0 Å². The molecule has 0 spiro atoms. The van der Waals surface area contributed by atoms with E-state index in [0.29, 0.717) is 17.4 Å². The molecule has 1 aliphatic rings. The molecule has 7 nitrogen and oxygen atoms in total. The molecule has 0 radical (unpaired) electrons. The number of nitrogens with zero attached hydrogens (tertiary/aromatic N) is 1. The smallest absolute Gasteiger partial charge is 0.306 e. The Morgan fingerprint density at radius 2 is 2.04 bits per heavy atom. The lowest BCUT2D eigenvalue weighted by atomic mass is 10.1. The van der Waals surface area contributed by atoms with Gasteiger partial charge in [0.15, 0.2) is 0 Å². The zero-order valence-corrected chi connectivity index (χ0v) is 15.1. The van der Waals surface area contributed by atoms with Gasteiger partial charge in [-0.1, -0.05) is 0 Å². The monoisotopic (exact) mass is 350 g/mol. The average Bonchev–Trinajstić information content (AvgIpc) is 2.84. The Labute approximate surface area is 147 Å². The topological polar surface area (TPSA) is 110 Å². The van der Waals surface area contributed by atoms with Crippen molar-refractivity contribution >= 4 is 18.2 Å². The molecule has 0 bridgehead atoms. The van der Waals surface area contributed by atoms with Crippen LogP contribution in [0.4, 0.5) is 0 Å². The minimum Gasteiger partial charge on any atom is -0.508 e. The highest BCUT2D eigenvalue weighted by Crippen LogP contribution is 2.28. The standard InChI is InChI=1S/C17H21NO5.CH5N/c1-17(2,3)23-15(21)7-4-12(10-19)18-9-11-8-13(20)5-6-14(11)16(18)22;1-2/h5-6,8,10,12,20H,4,7,9H2,1-3H3;2H2,1H3. The molecule has 3 N–H and O–H groups in total. The van der Waals surface area contributed by atoms with E-state index in [1.54, 1.807) is 26.8 Å². The second-order valence-corrected chi connectivity index (χ2v) is 6.60. The lowest BCUT2D eigenvalue weighted by molar-refractivity contribution is -0.155. The number of nitrogens with two attached hydrogens (primary N) is 1. The number of aldehydes is 1. The van der Waals surface area contributed by atoms with Crippen molar-refractivity contribution in [3.63, 3.8) is 0 Å². The predicted molar refractivity (Wildman–Crippen MR) is 93.0 cm³/mol. The Balaban J connectivity index is 0.00000151. The maximum atomic E-state index is 12.4. The van der Waals surface area contributed by atoms with Gasteiger partial charge < -0.3 is 25.3 Å². The number of hydrogen-bond donors (Lipinski definition) is 2. The van der Waals surface area contributed by atoms with Crippen LogP contribution in [0.15, 0.2) is 18.2 Å². The number of phenols is 1. The molecule has 138 valence electrons. The Bertz CT molecular complexity index is 637. The molecule has 7 heteroatoms. The molecule has 0 aliphatic carbocycles. The highest BCUT2D eigenvalue weighted by Gasteiger charge is 2.33. The van der Waals surface area contributed by atoms with Crippen molar-refractivity contribution in [1.29, 1.82) is 0 Å². The van der Waals surface area contributed by atoms with Crippen molar-refractivity contribution in [1.82, 2.24) is 4.90 Å². The van der Waals surface area contributed by atoms with E-state index in [0.717, 1.165) is 0 Å². The third kappa shape index (κ3) is 5.56. The SMILES string of the molecule is CC(C)(C)OC(=O)CCC(C=O)N1Cc2cc(O)ccc2C1=O.CN. The molecule has 2 rings (SSSR count). The molecule has 0 aromatic heterocycles. The third-order valence-electron chi connectivity index (χ3n) is 3.54. The maximum Gasteiger partial charge on any atom is 0.306 e. The number of aromatic hydroxyl groups is 1. The summed E-state index contributed by atoms with van der Waals surface area (Å²) in [4.78, 5) is 36.9. The summed E-state index contributed by atoms with van der Waals surface area (Å²) in [5, 5.41) is 9.49. The van der Waals surface area contributed by atoms with Crippen LogP contribution in [0.3, 0.4) is 0 Å². The number of amides is 1. The van der Waals surface area contributed by atoms with Gasteiger partial charge >= 0.3 is 5.97 Å². The quantitative estimate of drug-likeness (QED) is 0.617. The summed E-state index contributed by atoms with van der Waals surface area (Å²) in [6, 6.07) is 3.81. The van der Waals surface area contributed by atoms with E-state index in [4.69, 9.17) is 4.74 Å². The Kier molecular flexibility index (Phi) is 7.11. The largest absolute Gasteiger partial charge is 0.508 e. The van der Waals surface area contributed by atoms with Gasteiger partial charge in [-0.05, 0) is 58.0 Å². The molecular formula is C18H26N2O5. The van der Waals surface area contributed by atoms with Gasteiger partial charge in [-0.15, -0.1) is 0 Å². The summed E-state index contributed by atoms with van der Waals surface area (Å²) in [5.41, 5.74) is 5.08. The number of esters is 1. The van der Waals surface area contributed by atoms with Crippen LogP contribution in [0.1, 0.15) is 49.5 Å². The van der Waals surface area contributed by atoms with Crippen LogP contribution in [-0.4, -0.2) is 46.9 Å². The molecular weight excluding hydrogens is 324 g/mol. The lowest BCUT2D eigenvalue weighted by Crippen LogP contribution is -2.37. The maximum absolute atomic E-state index is 12.4. The Morgan fingerprint density at radius 3 is 2.60 bits per heavy atom. The first-order chi connectivity index (χ1) is 11.7. The molecule has 0 saturated carbocycles. The summed E-state index contributed by atoms with van der Waals surface area (Å²) in [5.74, 6) is -0.581. The number of carbonyl (C=O) groups excluding carboxylic acids is 3. The van der Waals surface area contributed by atoms with E-state index in [-0.39, 0.29) is 31.0 Å². The second-order valence-electron chi connectivity index (χ2n) is 6.60. The fourth-order valence-electron chi connectivity index (χ4n) is 2.55. The van der Waals surface area contributed by atoms with Crippen LogP contribution in [0.25, 0.3) is 0 Å². The van der Waals surface area contributed by atoms with Crippen molar-refractivity contribution in [2.45, 2.75) is 51.8 Å². The second kappa shape index (κ2) is 8.62. The van der Waals surface area contributed by atoms with E-state index in [1.165, 1.54) is 24.1 Å². The number of carbonyl (C=O) groups is 3. The first kappa shape index (κ1) is 20.6. The predicted octanol–water partition coefficient (Wildman–Crippen LogP) is 1.61. The summed E-state index contributed by atoms with van der Waals surface area (Å²) >= 11 is 0. The van der Waals surface area contributed by atoms with Gasteiger partial charge in [-0.25, -0.2) is 0 Å². The van der Waals surface area contributed by atoms with Crippen molar-refractivity contribution < 1.29 is 24.2 Å². The van der Waals surface area contributed by atoms with Gasteiger partial charge in [0.1, 0.15) is 17.6 Å². The van der Waals surface area contributed by atoms with Gasteiger partial charge in [-0.2, -0.15) is 0 Å². The van der Waals surface area contributed by atoms with Gasteiger partial charge in [-0.3, -0.25) is 9.59 Å². The van der Waals surface area contributed by atoms with Crippen LogP contribution in [-0.2, 0) is 20.9 Å². The number of ether oxygens (including phenoxy) is 1. The molecule has 1 aromatic rings. The van der Waals surface area contributed by atoms with Crippen LogP contribution in [0.5, 0.6) is 5.75 Å². The Morgan fingerprint density at radius 1 is 1.40 bits per heavy atom. The van der Waals surface area contributed by atoms with E-state index in [1.807, 2.05) is 0 Å². The van der Waals surface area contributed by atoms with Crippen molar-refractivity contribution in [3.8, 4) is 5.75 Å². The van der Waals surface area contributed by atoms with Crippen molar-refractivity contribution in [2.75, 3.05) is 7.05 Å². The molecule has 1 aromatic carbocycles. The van der Waals surface area contributed by atoms with Crippen LogP contribution < -0.4 is 5.73 Å². The number of phenolic OH excluding ortho intramolecular Hbond substituents is 1. The van der Waals surface area contributed by atoms with Crippen molar-refractivity contribution in [3.05, 3.63) is 29.3 Å². The summed E-state index contributed by atoms with van der Waals surface area (Å²) < 4.78 is 5.21. The van der Waals surface area contributed by atoms with Gasteiger partial charge in [0, 0.05) is 18.5 Å². The molecule has 0 saturated heterocycles. The van der Waals surface area contributed by atoms with Gasteiger partial charge in [0.2, 0.25) is 0 Å². The summed E-state index contributed by atoms with van der Waals surface area (Å²) in [6.07, 6.45) is 0.949.